The Bertz CT molecular complexity index is 367. The van der Waals surface area contributed by atoms with Gasteiger partial charge in [0.2, 0.25) is 0 Å². The summed E-state index contributed by atoms with van der Waals surface area (Å²) < 4.78 is 5.36. The molecule has 0 aromatic heterocycles. The van der Waals surface area contributed by atoms with Gasteiger partial charge in [-0.15, -0.1) is 0 Å². The van der Waals surface area contributed by atoms with E-state index < -0.39 is 0 Å². The van der Waals surface area contributed by atoms with E-state index in [4.69, 9.17) is 33.8 Å². The Hall–Kier alpha value is -0.320. The molecule has 88 valence electrons. The van der Waals surface area contributed by atoms with E-state index in [0.29, 0.717) is 16.0 Å². The van der Waals surface area contributed by atoms with Crippen LogP contribution in [0.1, 0.15) is 18.0 Å². The van der Waals surface area contributed by atoms with E-state index in [-0.39, 0.29) is 6.04 Å². The first kappa shape index (κ1) is 12.1. The molecule has 3 N–H and O–H groups in total. The van der Waals surface area contributed by atoms with Gasteiger partial charge in [0.1, 0.15) is 0 Å². The molecule has 2 unspecified atom stereocenters. The van der Waals surface area contributed by atoms with Crippen LogP contribution < -0.4 is 11.3 Å². The largest absolute Gasteiger partial charge is 0.381 e. The topological polar surface area (TPSA) is 47.3 Å². The SMILES string of the molecule is NNC(c1ccc(Cl)c(Cl)c1)C1CCOC1. The monoisotopic (exact) mass is 260 g/mol. The minimum Gasteiger partial charge on any atom is -0.381 e. The number of hydrogen-bond donors (Lipinski definition) is 2. The predicted octanol–water partition coefficient (Wildman–Crippen LogP) is 2.53. The van der Waals surface area contributed by atoms with Gasteiger partial charge < -0.3 is 4.74 Å². The fourth-order valence-corrected chi connectivity index (χ4v) is 2.33. The van der Waals surface area contributed by atoms with Crippen molar-refractivity contribution in [3.63, 3.8) is 0 Å². The molecule has 16 heavy (non-hydrogen) atoms. The Morgan fingerprint density at radius 2 is 2.19 bits per heavy atom. The van der Waals surface area contributed by atoms with Crippen LogP contribution in [0.15, 0.2) is 18.2 Å². The Morgan fingerprint density at radius 3 is 2.75 bits per heavy atom. The van der Waals surface area contributed by atoms with E-state index in [1.807, 2.05) is 12.1 Å². The maximum absolute atomic E-state index is 5.99. The highest BCUT2D eigenvalue weighted by Gasteiger charge is 2.26. The molecule has 0 saturated carbocycles. The number of nitrogens with two attached hydrogens (primary N) is 1. The van der Waals surface area contributed by atoms with Crippen molar-refractivity contribution in [3.8, 4) is 0 Å². The summed E-state index contributed by atoms with van der Waals surface area (Å²) in [6, 6.07) is 5.65. The number of hydrazine groups is 1. The van der Waals surface area contributed by atoms with Crippen molar-refractivity contribution in [2.24, 2.45) is 11.8 Å². The second-order valence-corrected chi connectivity index (χ2v) is 4.76. The molecular formula is C11H14Cl2N2O. The Labute approximate surface area is 105 Å². The molecule has 0 amide bonds. The lowest BCUT2D eigenvalue weighted by atomic mass is 9.93. The van der Waals surface area contributed by atoms with E-state index in [2.05, 4.69) is 5.43 Å². The minimum atomic E-state index is 0.0669. The molecule has 1 fully saturated rings. The summed E-state index contributed by atoms with van der Waals surface area (Å²) in [6.07, 6.45) is 1.01. The summed E-state index contributed by atoms with van der Waals surface area (Å²) in [7, 11) is 0. The third kappa shape index (κ3) is 2.50. The molecule has 1 heterocycles. The zero-order valence-electron chi connectivity index (χ0n) is 8.75. The van der Waals surface area contributed by atoms with Crippen LogP contribution >= 0.6 is 23.2 Å². The number of rotatable bonds is 3. The Balaban J connectivity index is 2.22. The summed E-state index contributed by atoms with van der Waals surface area (Å²) in [6.45, 7) is 1.53. The van der Waals surface area contributed by atoms with Gasteiger partial charge in [-0.3, -0.25) is 11.3 Å². The average Bonchev–Trinajstić information content (AvgIpc) is 2.78. The first-order valence-corrected chi connectivity index (χ1v) is 5.97. The highest BCUT2D eigenvalue weighted by atomic mass is 35.5. The van der Waals surface area contributed by atoms with Crippen LogP contribution in [-0.2, 0) is 4.74 Å². The van der Waals surface area contributed by atoms with E-state index in [1.54, 1.807) is 6.07 Å². The Kier molecular flexibility index (Phi) is 4.05. The van der Waals surface area contributed by atoms with Crippen molar-refractivity contribution >= 4 is 23.2 Å². The van der Waals surface area contributed by atoms with Crippen molar-refractivity contribution in [2.45, 2.75) is 12.5 Å². The van der Waals surface area contributed by atoms with Crippen molar-refractivity contribution in [1.29, 1.82) is 0 Å². The van der Waals surface area contributed by atoms with Crippen LogP contribution in [0.2, 0.25) is 10.0 Å². The number of hydrogen-bond acceptors (Lipinski definition) is 3. The third-order valence-corrected chi connectivity index (χ3v) is 3.66. The van der Waals surface area contributed by atoms with Crippen molar-refractivity contribution < 1.29 is 4.74 Å². The Morgan fingerprint density at radius 1 is 1.38 bits per heavy atom. The zero-order valence-corrected chi connectivity index (χ0v) is 10.3. The molecule has 1 saturated heterocycles. The number of ether oxygens (including phenoxy) is 1. The minimum absolute atomic E-state index is 0.0669. The molecule has 0 bridgehead atoms. The van der Waals surface area contributed by atoms with Crippen LogP contribution in [0, 0.1) is 5.92 Å². The van der Waals surface area contributed by atoms with Gasteiger partial charge in [0.05, 0.1) is 22.7 Å². The summed E-state index contributed by atoms with van der Waals surface area (Å²) in [5, 5.41) is 1.11. The molecular weight excluding hydrogens is 247 g/mol. The highest BCUT2D eigenvalue weighted by molar-refractivity contribution is 6.42. The van der Waals surface area contributed by atoms with Gasteiger partial charge in [0.15, 0.2) is 0 Å². The van der Waals surface area contributed by atoms with E-state index >= 15 is 0 Å². The van der Waals surface area contributed by atoms with Gasteiger partial charge in [-0.1, -0.05) is 29.3 Å². The fourth-order valence-electron chi connectivity index (χ4n) is 2.03. The lowest BCUT2D eigenvalue weighted by Gasteiger charge is -2.22. The van der Waals surface area contributed by atoms with Crippen LogP contribution in [-0.4, -0.2) is 13.2 Å². The molecule has 0 spiro atoms. The summed E-state index contributed by atoms with van der Waals surface area (Å²) in [5.41, 5.74) is 3.87. The molecule has 0 radical (unpaired) electrons. The number of nitrogens with one attached hydrogen (secondary N) is 1. The number of benzene rings is 1. The van der Waals surface area contributed by atoms with Gasteiger partial charge in [-0.2, -0.15) is 0 Å². The van der Waals surface area contributed by atoms with Crippen LogP contribution in [0.4, 0.5) is 0 Å². The second kappa shape index (κ2) is 5.34. The summed E-state index contributed by atoms with van der Waals surface area (Å²) >= 11 is 11.9. The first-order valence-electron chi connectivity index (χ1n) is 5.21. The summed E-state index contributed by atoms with van der Waals surface area (Å²) in [4.78, 5) is 0. The maximum atomic E-state index is 5.99. The van der Waals surface area contributed by atoms with Gasteiger partial charge in [-0.05, 0) is 24.1 Å². The first-order chi connectivity index (χ1) is 7.72. The van der Waals surface area contributed by atoms with Crippen molar-refractivity contribution in [2.75, 3.05) is 13.2 Å². The third-order valence-electron chi connectivity index (χ3n) is 2.92. The number of halogens is 2. The van der Waals surface area contributed by atoms with Crippen LogP contribution in [0.5, 0.6) is 0 Å². The normalized spacial score (nSPS) is 22.3. The van der Waals surface area contributed by atoms with Crippen molar-refractivity contribution in [1.82, 2.24) is 5.43 Å². The predicted molar refractivity (Wildman–Crippen MR) is 65.5 cm³/mol. The van der Waals surface area contributed by atoms with E-state index in [1.165, 1.54) is 0 Å². The molecule has 3 nitrogen and oxygen atoms in total. The van der Waals surface area contributed by atoms with Gasteiger partial charge in [0.25, 0.3) is 0 Å². The standard InChI is InChI=1S/C11H14Cl2N2O/c12-9-2-1-7(5-10(9)13)11(15-14)8-3-4-16-6-8/h1-2,5,8,11,15H,3-4,6,14H2. The molecule has 2 rings (SSSR count). The lowest BCUT2D eigenvalue weighted by Crippen LogP contribution is -2.33. The van der Waals surface area contributed by atoms with Crippen LogP contribution in [0.3, 0.4) is 0 Å². The quantitative estimate of drug-likeness (QED) is 0.649. The van der Waals surface area contributed by atoms with Crippen LogP contribution in [0.25, 0.3) is 0 Å². The van der Waals surface area contributed by atoms with Gasteiger partial charge in [0, 0.05) is 12.5 Å². The van der Waals surface area contributed by atoms with Gasteiger partial charge >= 0.3 is 0 Å². The highest BCUT2D eigenvalue weighted by Crippen LogP contribution is 2.31. The van der Waals surface area contributed by atoms with E-state index in [0.717, 1.165) is 25.2 Å². The molecule has 0 aliphatic carbocycles. The van der Waals surface area contributed by atoms with Crippen molar-refractivity contribution in [3.05, 3.63) is 33.8 Å². The van der Waals surface area contributed by atoms with Gasteiger partial charge in [-0.25, -0.2) is 0 Å². The lowest BCUT2D eigenvalue weighted by molar-refractivity contribution is 0.177. The zero-order chi connectivity index (χ0) is 11.5. The molecule has 1 aliphatic rings. The fraction of sp³-hybridized carbons (Fsp3) is 0.455. The average molecular weight is 261 g/mol. The summed E-state index contributed by atoms with van der Waals surface area (Å²) in [5.74, 6) is 5.98. The molecule has 1 aromatic rings. The maximum Gasteiger partial charge on any atom is 0.0595 e. The second-order valence-electron chi connectivity index (χ2n) is 3.94. The molecule has 1 aliphatic heterocycles. The molecule has 2 atom stereocenters. The smallest absolute Gasteiger partial charge is 0.0595 e. The molecule has 5 heteroatoms. The molecule has 1 aromatic carbocycles. The van der Waals surface area contributed by atoms with E-state index in [9.17, 15) is 0 Å².